The maximum atomic E-state index is 11.8. The molecule has 1 atom stereocenters. The molecule has 18 heavy (non-hydrogen) atoms. The number of amides is 1. The van der Waals surface area contributed by atoms with Crippen LogP contribution in [-0.4, -0.2) is 17.0 Å². The van der Waals surface area contributed by atoms with Gasteiger partial charge in [-0.25, -0.2) is 0 Å². The minimum atomic E-state index is -0.821. The Morgan fingerprint density at radius 1 is 1.39 bits per heavy atom. The smallest absolute Gasteiger partial charge is 0.235 e. The summed E-state index contributed by atoms with van der Waals surface area (Å²) >= 11 is 17.5. The molecule has 0 radical (unpaired) electrons. The predicted octanol–water partition coefficient (Wildman–Crippen LogP) is 2.97. The van der Waals surface area contributed by atoms with Crippen LogP contribution in [0.5, 0.6) is 0 Å². The molecule has 5 nitrogen and oxygen atoms in total. The monoisotopic (exact) mass is 309 g/mol. The summed E-state index contributed by atoms with van der Waals surface area (Å²) in [7, 11) is 0. The summed E-state index contributed by atoms with van der Waals surface area (Å²) in [5.74, 6) is -1.54. The number of rotatable bonds is 3. The van der Waals surface area contributed by atoms with Crippen LogP contribution < -0.4 is 11.1 Å². The highest BCUT2D eigenvalue weighted by Crippen LogP contribution is 2.33. The Hall–Kier alpha value is -1.17. The zero-order chi connectivity index (χ0) is 13.9. The fraction of sp³-hybridized carbons (Fsp3) is 0.200. The molecule has 0 fully saturated rings. The number of carbonyl (C=O) groups is 1. The van der Waals surface area contributed by atoms with Crippen LogP contribution in [-0.2, 0) is 4.79 Å². The molecule has 1 aromatic rings. The van der Waals surface area contributed by atoms with Gasteiger partial charge in [0.2, 0.25) is 5.91 Å². The van der Waals surface area contributed by atoms with E-state index in [0.29, 0.717) is 5.02 Å². The standard InChI is InChI=1S/C10H10Cl3N3O2/c1-4(9(14)16-18)10(17)15-8-6(12)2-5(11)3-7(8)13/h2-4,18H,1H3,(H2,14,16)(H,15,17). The van der Waals surface area contributed by atoms with E-state index >= 15 is 0 Å². The molecule has 0 saturated carbocycles. The van der Waals surface area contributed by atoms with Crippen LogP contribution in [0.1, 0.15) is 6.92 Å². The molecule has 1 rings (SSSR count). The van der Waals surface area contributed by atoms with Crippen molar-refractivity contribution in [3.05, 3.63) is 27.2 Å². The number of anilines is 1. The molecule has 4 N–H and O–H groups in total. The van der Waals surface area contributed by atoms with Crippen molar-refractivity contribution < 1.29 is 10.0 Å². The first-order valence-electron chi connectivity index (χ1n) is 4.79. The SMILES string of the molecule is CC(C(=O)Nc1c(Cl)cc(Cl)cc1Cl)C(N)=NO. The summed E-state index contributed by atoms with van der Waals surface area (Å²) in [6.45, 7) is 1.47. The summed E-state index contributed by atoms with van der Waals surface area (Å²) in [6, 6.07) is 2.89. The van der Waals surface area contributed by atoms with Crippen molar-refractivity contribution in [3.8, 4) is 0 Å². The topological polar surface area (TPSA) is 87.7 Å². The number of halogens is 3. The van der Waals surface area contributed by atoms with Gasteiger partial charge in [-0.1, -0.05) is 40.0 Å². The first-order chi connectivity index (χ1) is 8.36. The Labute approximate surface area is 118 Å². The van der Waals surface area contributed by atoms with Gasteiger partial charge in [0.25, 0.3) is 0 Å². The van der Waals surface area contributed by atoms with Crippen molar-refractivity contribution in [1.82, 2.24) is 0 Å². The molecule has 0 saturated heterocycles. The molecule has 0 aliphatic carbocycles. The number of benzene rings is 1. The number of oxime groups is 1. The number of hydrogen-bond donors (Lipinski definition) is 3. The molecular formula is C10H10Cl3N3O2. The fourth-order valence-corrected chi connectivity index (χ4v) is 2.03. The van der Waals surface area contributed by atoms with Gasteiger partial charge >= 0.3 is 0 Å². The molecule has 1 aromatic carbocycles. The van der Waals surface area contributed by atoms with E-state index < -0.39 is 11.8 Å². The van der Waals surface area contributed by atoms with Gasteiger partial charge < -0.3 is 16.3 Å². The second-order valence-corrected chi connectivity index (χ2v) is 4.73. The second kappa shape index (κ2) is 6.13. The van der Waals surface area contributed by atoms with E-state index in [-0.39, 0.29) is 21.6 Å². The Morgan fingerprint density at radius 2 is 1.89 bits per heavy atom. The molecule has 0 bridgehead atoms. The van der Waals surface area contributed by atoms with Gasteiger partial charge in [0.15, 0.2) is 5.84 Å². The van der Waals surface area contributed by atoms with Gasteiger partial charge in [-0.05, 0) is 19.1 Å². The lowest BCUT2D eigenvalue weighted by Crippen LogP contribution is -2.32. The molecule has 0 aliphatic rings. The Morgan fingerprint density at radius 3 is 2.33 bits per heavy atom. The van der Waals surface area contributed by atoms with Crippen LogP contribution in [0.15, 0.2) is 17.3 Å². The Balaban J connectivity index is 2.96. The Kier molecular flexibility index (Phi) is 5.07. The third-order valence-electron chi connectivity index (χ3n) is 2.21. The maximum Gasteiger partial charge on any atom is 0.235 e. The van der Waals surface area contributed by atoms with Crippen molar-refractivity contribution in [1.29, 1.82) is 0 Å². The van der Waals surface area contributed by atoms with E-state index in [2.05, 4.69) is 10.5 Å². The first-order valence-corrected chi connectivity index (χ1v) is 5.93. The summed E-state index contributed by atoms with van der Waals surface area (Å²) < 4.78 is 0. The zero-order valence-electron chi connectivity index (χ0n) is 9.25. The fourth-order valence-electron chi connectivity index (χ4n) is 1.11. The molecule has 8 heteroatoms. The number of amidine groups is 1. The lowest BCUT2D eigenvalue weighted by atomic mass is 10.1. The Bertz CT molecular complexity index is 482. The average Bonchev–Trinajstić information content (AvgIpc) is 2.31. The molecule has 0 aliphatic heterocycles. The van der Waals surface area contributed by atoms with Crippen molar-refractivity contribution in [3.63, 3.8) is 0 Å². The minimum Gasteiger partial charge on any atom is -0.409 e. The second-order valence-electron chi connectivity index (χ2n) is 3.48. The molecule has 0 aromatic heterocycles. The number of nitrogens with one attached hydrogen (secondary N) is 1. The van der Waals surface area contributed by atoms with Gasteiger partial charge in [-0.15, -0.1) is 0 Å². The van der Waals surface area contributed by atoms with E-state index in [0.717, 1.165) is 0 Å². The van der Waals surface area contributed by atoms with Crippen molar-refractivity contribution in [2.75, 3.05) is 5.32 Å². The highest BCUT2D eigenvalue weighted by atomic mass is 35.5. The van der Waals surface area contributed by atoms with Crippen molar-refractivity contribution >= 4 is 52.2 Å². The third-order valence-corrected chi connectivity index (χ3v) is 3.02. The van der Waals surface area contributed by atoms with E-state index in [1.807, 2.05) is 0 Å². The zero-order valence-corrected chi connectivity index (χ0v) is 11.5. The van der Waals surface area contributed by atoms with E-state index in [4.69, 9.17) is 45.7 Å². The van der Waals surface area contributed by atoms with E-state index in [9.17, 15) is 4.79 Å². The number of nitrogens with zero attached hydrogens (tertiary/aromatic N) is 1. The van der Waals surface area contributed by atoms with E-state index in [1.165, 1.54) is 19.1 Å². The number of carbonyl (C=O) groups excluding carboxylic acids is 1. The predicted molar refractivity (Wildman–Crippen MR) is 72.7 cm³/mol. The maximum absolute atomic E-state index is 11.8. The molecule has 98 valence electrons. The summed E-state index contributed by atoms with van der Waals surface area (Å²) in [5.41, 5.74) is 5.55. The van der Waals surface area contributed by atoms with Crippen LogP contribution in [0.25, 0.3) is 0 Å². The van der Waals surface area contributed by atoms with Crippen molar-refractivity contribution in [2.45, 2.75) is 6.92 Å². The summed E-state index contributed by atoms with van der Waals surface area (Å²) in [4.78, 5) is 11.8. The van der Waals surface area contributed by atoms with E-state index in [1.54, 1.807) is 0 Å². The van der Waals surface area contributed by atoms with Crippen LogP contribution in [0.2, 0.25) is 15.1 Å². The largest absolute Gasteiger partial charge is 0.409 e. The number of nitrogens with two attached hydrogens (primary N) is 1. The first kappa shape index (κ1) is 14.9. The minimum absolute atomic E-state index is 0.201. The number of hydrogen-bond acceptors (Lipinski definition) is 3. The van der Waals surface area contributed by atoms with Gasteiger partial charge in [-0.3, -0.25) is 4.79 Å². The van der Waals surface area contributed by atoms with Gasteiger partial charge in [-0.2, -0.15) is 0 Å². The lowest BCUT2D eigenvalue weighted by Gasteiger charge is -2.13. The molecule has 0 heterocycles. The average molecular weight is 311 g/mol. The molecule has 1 unspecified atom stereocenters. The summed E-state index contributed by atoms with van der Waals surface area (Å²) in [6.07, 6.45) is 0. The highest BCUT2D eigenvalue weighted by Gasteiger charge is 2.20. The van der Waals surface area contributed by atoms with Crippen LogP contribution in [0.4, 0.5) is 5.69 Å². The highest BCUT2D eigenvalue weighted by molar-refractivity contribution is 6.42. The van der Waals surface area contributed by atoms with Gasteiger partial charge in [0, 0.05) is 5.02 Å². The van der Waals surface area contributed by atoms with Crippen LogP contribution >= 0.6 is 34.8 Å². The third kappa shape index (κ3) is 3.41. The van der Waals surface area contributed by atoms with Crippen LogP contribution in [0, 0.1) is 5.92 Å². The molecule has 0 spiro atoms. The quantitative estimate of drug-likeness (QED) is 0.347. The lowest BCUT2D eigenvalue weighted by molar-refractivity contribution is -0.117. The van der Waals surface area contributed by atoms with Crippen molar-refractivity contribution in [2.24, 2.45) is 16.8 Å². The van der Waals surface area contributed by atoms with Gasteiger partial charge in [0.05, 0.1) is 21.7 Å². The van der Waals surface area contributed by atoms with Gasteiger partial charge in [0.1, 0.15) is 0 Å². The van der Waals surface area contributed by atoms with Crippen LogP contribution in [0.3, 0.4) is 0 Å². The normalized spacial score (nSPS) is 13.2. The molecule has 1 amide bonds. The summed E-state index contributed by atoms with van der Waals surface area (Å²) in [5, 5.41) is 14.5. The molecular weight excluding hydrogens is 300 g/mol.